The molecule has 2 aromatic heterocycles. The summed E-state index contributed by atoms with van der Waals surface area (Å²) >= 11 is 1.33. The van der Waals surface area contributed by atoms with Crippen molar-refractivity contribution in [3.8, 4) is 11.5 Å². The highest BCUT2D eigenvalue weighted by Crippen LogP contribution is 2.43. The molecule has 0 N–H and O–H groups in total. The first-order valence-corrected chi connectivity index (χ1v) is 12.7. The van der Waals surface area contributed by atoms with Gasteiger partial charge in [-0.05, 0) is 43.2 Å². The molecule has 0 radical (unpaired) electrons. The van der Waals surface area contributed by atoms with E-state index < -0.39 is 6.04 Å². The fourth-order valence-electron chi connectivity index (χ4n) is 4.38. The molecule has 2 aromatic carbocycles. The third kappa shape index (κ3) is 4.18. The third-order valence-electron chi connectivity index (χ3n) is 5.99. The van der Waals surface area contributed by atoms with Gasteiger partial charge in [-0.3, -0.25) is 14.5 Å². The number of anilines is 1. The minimum absolute atomic E-state index is 0.0479. The van der Waals surface area contributed by atoms with E-state index in [-0.39, 0.29) is 17.1 Å². The van der Waals surface area contributed by atoms with Crippen molar-refractivity contribution in [3.05, 3.63) is 81.2 Å². The van der Waals surface area contributed by atoms with Crippen LogP contribution < -0.4 is 19.8 Å². The van der Waals surface area contributed by atoms with Gasteiger partial charge in [0.2, 0.25) is 5.76 Å². The van der Waals surface area contributed by atoms with E-state index >= 15 is 0 Å². The number of rotatable bonds is 9. The second kappa shape index (κ2) is 9.92. The molecule has 0 saturated heterocycles. The first-order valence-electron chi connectivity index (χ1n) is 11.8. The number of carbonyl (C=O) groups excluding carboxylic acids is 1. The Labute approximate surface area is 206 Å². The van der Waals surface area contributed by atoms with E-state index in [2.05, 4.69) is 11.9 Å². The average molecular weight is 491 g/mol. The highest BCUT2D eigenvalue weighted by molar-refractivity contribution is 7.13. The molecule has 0 fully saturated rings. The normalized spacial score (nSPS) is 15.0. The van der Waals surface area contributed by atoms with Crippen molar-refractivity contribution < 1.29 is 18.7 Å². The van der Waals surface area contributed by atoms with Crippen molar-refractivity contribution in [1.82, 2.24) is 4.98 Å². The van der Waals surface area contributed by atoms with Crippen molar-refractivity contribution >= 4 is 33.3 Å². The van der Waals surface area contributed by atoms with Crippen LogP contribution in [0.25, 0.3) is 11.0 Å². The number of hydrogen-bond acceptors (Lipinski definition) is 7. The number of amides is 1. The van der Waals surface area contributed by atoms with Crippen LogP contribution in [0.3, 0.4) is 0 Å². The van der Waals surface area contributed by atoms with Crippen LogP contribution in [0.4, 0.5) is 5.13 Å². The van der Waals surface area contributed by atoms with Crippen LogP contribution >= 0.6 is 11.3 Å². The van der Waals surface area contributed by atoms with Crippen molar-refractivity contribution in [2.24, 2.45) is 0 Å². The highest BCUT2D eigenvalue weighted by atomic mass is 32.1. The van der Waals surface area contributed by atoms with E-state index in [4.69, 9.17) is 13.9 Å². The van der Waals surface area contributed by atoms with Crippen LogP contribution in [0.15, 0.2) is 63.3 Å². The molecule has 0 saturated carbocycles. The summed E-state index contributed by atoms with van der Waals surface area (Å²) in [5, 5.41) is 2.73. The first kappa shape index (κ1) is 23.1. The van der Waals surface area contributed by atoms with Gasteiger partial charge in [-0.2, -0.15) is 0 Å². The molecule has 4 aromatic rings. The van der Waals surface area contributed by atoms with Crippen molar-refractivity contribution in [1.29, 1.82) is 0 Å². The maximum atomic E-state index is 13.6. The Morgan fingerprint density at radius 3 is 2.69 bits per heavy atom. The molecule has 0 spiro atoms. The smallest absolute Gasteiger partial charge is 0.297 e. The zero-order valence-corrected chi connectivity index (χ0v) is 20.5. The topological polar surface area (TPSA) is 81.9 Å². The standard InChI is InChI=1S/C27H26N2O5S/c1-3-5-8-14-33-20-12-11-17(16-21(20)32-4-2)23-22-24(30)18-9-6-7-10-19(18)34-25(22)26(31)29(23)27-28-13-15-35-27/h6-7,9-13,15-16,23H,3-5,8,14H2,1-2H3/t23-/m0/s1. The summed E-state index contributed by atoms with van der Waals surface area (Å²) in [5.74, 6) is 0.877. The number of fused-ring (bicyclic) bond motifs is 2. The van der Waals surface area contributed by atoms with Gasteiger partial charge >= 0.3 is 0 Å². The van der Waals surface area contributed by atoms with Gasteiger partial charge in [0.15, 0.2) is 22.1 Å². The predicted molar refractivity (Wildman–Crippen MR) is 136 cm³/mol. The van der Waals surface area contributed by atoms with Gasteiger partial charge in [0, 0.05) is 11.6 Å². The van der Waals surface area contributed by atoms with Gasteiger partial charge in [0.05, 0.1) is 30.2 Å². The fourth-order valence-corrected chi connectivity index (χ4v) is 5.05. The summed E-state index contributed by atoms with van der Waals surface area (Å²) in [5.41, 5.74) is 1.19. The summed E-state index contributed by atoms with van der Waals surface area (Å²) in [6.07, 6.45) is 4.80. The zero-order valence-electron chi connectivity index (χ0n) is 19.7. The maximum absolute atomic E-state index is 13.6. The molecule has 1 aliphatic rings. The van der Waals surface area contributed by atoms with E-state index in [9.17, 15) is 9.59 Å². The number of thiazole rings is 1. The minimum atomic E-state index is -0.696. The van der Waals surface area contributed by atoms with E-state index in [1.54, 1.807) is 35.8 Å². The van der Waals surface area contributed by atoms with E-state index in [1.807, 2.05) is 25.1 Å². The lowest BCUT2D eigenvalue weighted by molar-refractivity contribution is 0.0971. The first-order chi connectivity index (χ1) is 17.1. The molecule has 0 unspecified atom stereocenters. The van der Waals surface area contributed by atoms with Crippen LogP contribution in [0.5, 0.6) is 11.5 Å². The Morgan fingerprint density at radius 2 is 1.91 bits per heavy atom. The molecular formula is C27H26N2O5S. The second-order valence-corrected chi connectivity index (χ2v) is 9.13. The van der Waals surface area contributed by atoms with Crippen LogP contribution in [0.1, 0.15) is 60.8 Å². The van der Waals surface area contributed by atoms with Crippen LogP contribution in [-0.2, 0) is 0 Å². The molecular weight excluding hydrogens is 464 g/mol. The summed E-state index contributed by atoms with van der Waals surface area (Å²) in [7, 11) is 0. The summed E-state index contributed by atoms with van der Waals surface area (Å²) in [6.45, 7) is 5.11. The van der Waals surface area contributed by atoms with E-state index in [1.165, 1.54) is 16.2 Å². The Balaban J connectivity index is 1.64. The van der Waals surface area contributed by atoms with E-state index in [0.29, 0.717) is 46.4 Å². The number of nitrogens with zero attached hydrogens (tertiary/aromatic N) is 2. The van der Waals surface area contributed by atoms with Crippen LogP contribution in [-0.4, -0.2) is 24.1 Å². The third-order valence-corrected chi connectivity index (χ3v) is 6.76. The fraction of sp³-hybridized carbons (Fsp3) is 0.296. The summed E-state index contributed by atoms with van der Waals surface area (Å²) in [4.78, 5) is 33.1. The molecule has 35 heavy (non-hydrogen) atoms. The predicted octanol–water partition coefficient (Wildman–Crippen LogP) is 5.97. The molecule has 1 amide bonds. The Hall–Kier alpha value is -3.65. The molecule has 1 aliphatic heterocycles. The lowest BCUT2D eigenvalue weighted by atomic mass is 9.98. The largest absolute Gasteiger partial charge is 0.490 e. The SMILES string of the molecule is CCCCCOc1ccc([C@H]2c3c(oc4ccccc4c3=O)C(=O)N2c2nccs2)cc1OCC. The molecule has 8 heteroatoms. The molecule has 7 nitrogen and oxygen atoms in total. The van der Waals surface area contributed by atoms with Crippen molar-refractivity contribution in [2.75, 3.05) is 18.1 Å². The van der Waals surface area contributed by atoms with Gasteiger partial charge in [0.25, 0.3) is 5.91 Å². The minimum Gasteiger partial charge on any atom is -0.490 e. The number of unbranched alkanes of at least 4 members (excludes halogenated alkanes) is 2. The van der Waals surface area contributed by atoms with Crippen LogP contribution in [0.2, 0.25) is 0 Å². The number of carbonyl (C=O) groups is 1. The number of para-hydroxylation sites is 1. The van der Waals surface area contributed by atoms with Gasteiger partial charge in [-0.1, -0.05) is 38.0 Å². The number of hydrogen-bond donors (Lipinski definition) is 0. The molecule has 3 heterocycles. The number of benzene rings is 2. The molecule has 1 atom stereocenters. The Morgan fingerprint density at radius 1 is 1.06 bits per heavy atom. The van der Waals surface area contributed by atoms with Gasteiger partial charge in [-0.15, -0.1) is 11.3 Å². The monoisotopic (exact) mass is 490 g/mol. The quantitative estimate of drug-likeness (QED) is 0.269. The second-order valence-electron chi connectivity index (χ2n) is 8.26. The Bertz CT molecular complexity index is 1410. The molecule has 5 rings (SSSR count). The summed E-state index contributed by atoms with van der Waals surface area (Å²) < 4.78 is 17.9. The number of aromatic nitrogens is 1. The molecule has 180 valence electrons. The number of ether oxygens (including phenoxy) is 2. The zero-order chi connectivity index (χ0) is 24.4. The maximum Gasteiger partial charge on any atom is 0.297 e. The average Bonchev–Trinajstić information content (AvgIpc) is 3.50. The molecule has 0 aliphatic carbocycles. The van der Waals surface area contributed by atoms with Crippen LogP contribution in [0, 0.1) is 0 Å². The Kier molecular flexibility index (Phi) is 6.55. The van der Waals surface area contributed by atoms with Gasteiger partial charge < -0.3 is 13.9 Å². The van der Waals surface area contributed by atoms with Crippen molar-refractivity contribution in [3.63, 3.8) is 0 Å². The highest BCUT2D eigenvalue weighted by Gasteiger charge is 2.45. The lowest BCUT2D eigenvalue weighted by Gasteiger charge is -2.23. The molecule has 0 bridgehead atoms. The van der Waals surface area contributed by atoms with Gasteiger partial charge in [-0.25, -0.2) is 4.98 Å². The van der Waals surface area contributed by atoms with E-state index in [0.717, 1.165) is 24.8 Å². The van der Waals surface area contributed by atoms with Gasteiger partial charge in [0.1, 0.15) is 5.58 Å². The summed E-state index contributed by atoms with van der Waals surface area (Å²) in [6, 6.07) is 11.8. The van der Waals surface area contributed by atoms with Crippen molar-refractivity contribution in [2.45, 2.75) is 39.2 Å². The lowest BCUT2D eigenvalue weighted by Crippen LogP contribution is -2.29.